The second kappa shape index (κ2) is 6.89. The van der Waals surface area contributed by atoms with Crippen LogP contribution in [-0.2, 0) is 17.8 Å². The minimum Gasteiger partial charge on any atom is -0.334 e. The Hall–Kier alpha value is -1.35. The van der Waals surface area contributed by atoms with Crippen LogP contribution in [0.5, 0.6) is 0 Å². The number of benzene rings is 1. The fourth-order valence-electron chi connectivity index (χ4n) is 2.50. The summed E-state index contributed by atoms with van der Waals surface area (Å²) >= 11 is 0. The average Bonchev–Trinajstić information content (AvgIpc) is 3.29. The summed E-state index contributed by atoms with van der Waals surface area (Å²) < 4.78 is 0. The van der Waals surface area contributed by atoms with Crippen LogP contribution in [0.15, 0.2) is 24.3 Å². The van der Waals surface area contributed by atoms with E-state index in [1.54, 1.807) is 0 Å². The van der Waals surface area contributed by atoms with Gasteiger partial charge in [-0.2, -0.15) is 0 Å². The molecule has 0 aliphatic heterocycles. The Bertz CT molecular complexity index is 437. The number of carbonyl (C=O) groups is 1. The van der Waals surface area contributed by atoms with Gasteiger partial charge in [0.1, 0.15) is 0 Å². The zero-order chi connectivity index (χ0) is 14.5. The molecule has 1 amide bonds. The summed E-state index contributed by atoms with van der Waals surface area (Å²) in [7, 11) is 0. The molecule has 3 nitrogen and oxygen atoms in total. The van der Waals surface area contributed by atoms with Crippen molar-refractivity contribution in [2.75, 3.05) is 0 Å². The molecule has 0 aromatic heterocycles. The third kappa shape index (κ3) is 3.83. The van der Waals surface area contributed by atoms with Crippen molar-refractivity contribution in [1.82, 2.24) is 4.90 Å². The molecule has 20 heavy (non-hydrogen) atoms. The van der Waals surface area contributed by atoms with Gasteiger partial charge < -0.3 is 10.6 Å². The lowest BCUT2D eigenvalue weighted by Crippen LogP contribution is -2.44. The van der Waals surface area contributed by atoms with E-state index in [9.17, 15) is 4.79 Å². The molecule has 1 unspecified atom stereocenters. The molecular formula is C17H26N2O. The van der Waals surface area contributed by atoms with Crippen LogP contribution >= 0.6 is 0 Å². The van der Waals surface area contributed by atoms with Crippen molar-refractivity contribution >= 4 is 5.91 Å². The molecule has 3 heteroatoms. The van der Waals surface area contributed by atoms with Gasteiger partial charge in [0.25, 0.3) is 0 Å². The van der Waals surface area contributed by atoms with Crippen molar-refractivity contribution in [1.29, 1.82) is 0 Å². The first-order valence-electron chi connectivity index (χ1n) is 7.79. The van der Waals surface area contributed by atoms with Crippen LogP contribution in [-0.4, -0.2) is 22.9 Å². The summed E-state index contributed by atoms with van der Waals surface area (Å²) in [5.41, 5.74) is 8.54. The van der Waals surface area contributed by atoms with Crippen molar-refractivity contribution in [3.05, 3.63) is 35.4 Å². The molecule has 0 spiro atoms. The second-order valence-corrected chi connectivity index (χ2v) is 5.76. The third-order valence-electron chi connectivity index (χ3n) is 3.97. The number of nitrogens with zero attached hydrogens (tertiary/aromatic N) is 1. The van der Waals surface area contributed by atoms with Gasteiger partial charge >= 0.3 is 0 Å². The Morgan fingerprint density at radius 1 is 1.25 bits per heavy atom. The first-order chi connectivity index (χ1) is 9.65. The molecule has 1 aromatic carbocycles. The molecule has 1 atom stereocenters. The molecule has 0 radical (unpaired) electrons. The third-order valence-corrected chi connectivity index (χ3v) is 3.97. The van der Waals surface area contributed by atoms with Crippen LogP contribution < -0.4 is 5.73 Å². The van der Waals surface area contributed by atoms with Crippen LogP contribution in [0.2, 0.25) is 0 Å². The number of hydrogen-bond acceptors (Lipinski definition) is 2. The number of nitrogens with two attached hydrogens (primary N) is 1. The maximum atomic E-state index is 12.4. The van der Waals surface area contributed by atoms with Crippen LogP contribution in [0.3, 0.4) is 0 Å². The Balaban J connectivity index is 2.03. The highest BCUT2D eigenvalue weighted by Gasteiger charge is 2.34. The maximum Gasteiger partial charge on any atom is 0.240 e. The van der Waals surface area contributed by atoms with E-state index in [0.717, 1.165) is 32.1 Å². The largest absolute Gasteiger partial charge is 0.334 e. The number of rotatable bonds is 7. The Labute approximate surface area is 122 Å². The van der Waals surface area contributed by atoms with Crippen LogP contribution in [0, 0.1) is 0 Å². The highest BCUT2D eigenvalue weighted by Crippen LogP contribution is 2.29. The van der Waals surface area contributed by atoms with Gasteiger partial charge in [-0.05, 0) is 36.8 Å². The summed E-state index contributed by atoms with van der Waals surface area (Å²) in [5.74, 6) is 0.119. The first kappa shape index (κ1) is 15.0. The molecule has 2 rings (SSSR count). The van der Waals surface area contributed by atoms with E-state index in [-0.39, 0.29) is 11.9 Å². The fraction of sp³-hybridized carbons (Fsp3) is 0.588. The van der Waals surface area contributed by atoms with Gasteiger partial charge in [-0.25, -0.2) is 0 Å². The lowest BCUT2D eigenvalue weighted by Gasteiger charge is -2.25. The van der Waals surface area contributed by atoms with Crippen LogP contribution in [0.4, 0.5) is 0 Å². The Morgan fingerprint density at radius 2 is 1.85 bits per heavy atom. The standard InChI is InChI=1S/C17H26N2O/c1-3-5-16(18)17(20)19(15-10-11-15)12-14-8-6-13(4-2)7-9-14/h6-9,15-16H,3-5,10-12,18H2,1-2H3. The summed E-state index contributed by atoms with van der Waals surface area (Å²) in [4.78, 5) is 14.4. The lowest BCUT2D eigenvalue weighted by atomic mass is 10.1. The van der Waals surface area contributed by atoms with Crippen molar-refractivity contribution in [3.8, 4) is 0 Å². The van der Waals surface area contributed by atoms with Gasteiger partial charge in [0.05, 0.1) is 6.04 Å². The topological polar surface area (TPSA) is 46.3 Å². The molecule has 1 saturated carbocycles. The SMILES string of the molecule is CCCC(N)C(=O)N(Cc1ccc(CC)cc1)C1CC1. The quantitative estimate of drug-likeness (QED) is 0.831. The average molecular weight is 274 g/mol. The van der Waals surface area contributed by atoms with Crippen molar-refractivity contribution in [3.63, 3.8) is 0 Å². The van der Waals surface area contributed by atoms with Crippen molar-refractivity contribution in [2.45, 2.75) is 64.6 Å². The van der Waals surface area contributed by atoms with E-state index in [0.29, 0.717) is 12.6 Å². The fourth-order valence-corrected chi connectivity index (χ4v) is 2.50. The minimum absolute atomic E-state index is 0.119. The highest BCUT2D eigenvalue weighted by atomic mass is 16.2. The predicted octanol–water partition coefficient (Wildman–Crippen LogP) is 2.87. The Kier molecular flexibility index (Phi) is 5.18. The van der Waals surface area contributed by atoms with E-state index >= 15 is 0 Å². The maximum absolute atomic E-state index is 12.4. The molecule has 1 aliphatic carbocycles. The lowest BCUT2D eigenvalue weighted by molar-refractivity contribution is -0.134. The molecule has 2 N–H and O–H groups in total. The Morgan fingerprint density at radius 3 is 2.35 bits per heavy atom. The molecule has 0 saturated heterocycles. The highest BCUT2D eigenvalue weighted by molar-refractivity contribution is 5.82. The van der Waals surface area contributed by atoms with Crippen LogP contribution in [0.1, 0.15) is 50.7 Å². The zero-order valence-corrected chi connectivity index (χ0v) is 12.6. The van der Waals surface area contributed by atoms with Gasteiger partial charge in [0, 0.05) is 12.6 Å². The monoisotopic (exact) mass is 274 g/mol. The van der Waals surface area contributed by atoms with E-state index in [1.807, 2.05) is 4.90 Å². The van der Waals surface area contributed by atoms with Gasteiger partial charge in [-0.1, -0.05) is 44.5 Å². The second-order valence-electron chi connectivity index (χ2n) is 5.76. The molecule has 110 valence electrons. The van der Waals surface area contributed by atoms with E-state index in [1.165, 1.54) is 11.1 Å². The predicted molar refractivity (Wildman–Crippen MR) is 82.3 cm³/mol. The van der Waals surface area contributed by atoms with Gasteiger partial charge in [-0.15, -0.1) is 0 Å². The number of amides is 1. The van der Waals surface area contributed by atoms with Crippen molar-refractivity contribution in [2.24, 2.45) is 5.73 Å². The molecule has 0 heterocycles. The summed E-state index contributed by atoms with van der Waals surface area (Å²) in [6, 6.07) is 8.64. The van der Waals surface area contributed by atoms with Gasteiger partial charge in [0.2, 0.25) is 5.91 Å². The van der Waals surface area contributed by atoms with E-state index in [4.69, 9.17) is 5.73 Å². The number of carbonyl (C=O) groups excluding carboxylic acids is 1. The first-order valence-corrected chi connectivity index (χ1v) is 7.79. The van der Waals surface area contributed by atoms with Gasteiger partial charge in [0.15, 0.2) is 0 Å². The van der Waals surface area contributed by atoms with Crippen LogP contribution in [0.25, 0.3) is 0 Å². The smallest absolute Gasteiger partial charge is 0.240 e. The van der Waals surface area contributed by atoms with Gasteiger partial charge in [-0.3, -0.25) is 4.79 Å². The number of hydrogen-bond donors (Lipinski definition) is 1. The summed E-state index contributed by atoms with van der Waals surface area (Å²) in [6.45, 7) is 4.92. The molecule has 0 bridgehead atoms. The number of aryl methyl sites for hydroxylation is 1. The normalized spacial score (nSPS) is 15.9. The summed E-state index contributed by atoms with van der Waals surface area (Å²) in [5, 5.41) is 0. The molecule has 1 aliphatic rings. The minimum atomic E-state index is -0.337. The molecule has 1 aromatic rings. The zero-order valence-electron chi connectivity index (χ0n) is 12.6. The summed E-state index contributed by atoms with van der Waals surface area (Å²) in [6.07, 6.45) is 5.02. The molecular weight excluding hydrogens is 248 g/mol. The molecule has 1 fully saturated rings. The van der Waals surface area contributed by atoms with E-state index < -0.39 is 0 Å². The van der Waals surface area contributed by atoms with E-state index in [2.05, 4.69) is 38.1 Å². The van der Waals surface area contributed by atoms with Crippen molar-refractivity contribution < 1.29 is 4.79 Å².